The molecule has 0 fully saturated rings. The Balaban J connectivity index is 3.95. The Kier molecular flexibility index (Phi) is 7.87. The average Bonchev–Trinajstić information content (AvgIpc) is 2.23. The molecule has 0 aromatic carbocycles. The van der Waals surface area contributed by atoms with E-state index in [0.29, 0.717) is 19.7 Å². The molecular weight excluding hydrogens is 212 g/mol. The molecule has 0 rings (SSSR count). The SMILES string of the molecule is C=CCN(CCOC)C(=O)NCCC(=O)O. The van der Waals surface area contributed by atoms with Gasteiger partial charge in [-0.3, -0.25) is 4.79 Å². The largest absolute Gasteiger partial charge is 0.481 e. The first-order chi connectivity index (χ1) is 7.61. The lowest BCUT2D eigenvalue weighted by Crippen LogP contribution is -2.42. The number of carbonyl (C=O) groups is 2. The zero-order chi connectivity index (χ0) is 12.4. The van der Waals surface area contributed by atoms with Crippen LogP contribution in [0.2, 0.25) is 0 Å². The van der Waals surface area contributed by atoms with Crippen LogP contribution in [0, 0.1) is 0 Å². The molecule has 6 heteroatoms. The summed E-state index contributed by atoms with van der Waals surface area (Å²) >= 11 is 0. The molecule has 0 aliphatic rings. The Labute approximate surface area is 94.9 Å². The number of carboxylic acids is 1. The van der Waals surface area contributed by atoms with Crippen LogP contribution in [0.25, 0.3) is 0 Å². The van der Waals surface area contributed by atoms with Gasteiger partial charge in [-0.15, -0.1) is 6.58 Å². The highest BCUT2D eigenvalue weighted by Crippen LogP contribution is 1.91. The van der Waals surface area contributed by atoms with Crippen molar-refractivity contribution in [1.82, 2.24) is 10.2 Å². The maximum Gasteiger partial charge on any atom is 0.317 e. The first kappa shape index (κ1) is 14.4. The fourth-order valence-electron chi connectivity index (χ4n) is 1.02. The summed E-state index contributed by atoms with van der Waals surface area (Å²) in [4.78, 5) is 23.3. The van der Waals surface area contributed by atoms with E-state index in [1.54, 1.807) is 13.2 Å². The van der Waals surface area contributed by atoms with E-state index < -0.39 is 5.97 Å². The first-order valence-corrected chi connectivity index (χ1v) is 4.96. The van der Waals surface area contributed by atoms with Gasteiger partial charge in [0.2, 0.25) is 0 Å². The van der Waals surface area contributed by atoms with Gasteiger partial charge in [0.1, 0.15) is 0 Å². The molecule has 0 saturated heterocycles. The van der Waals surface area contributed by atoms with Gasteiger partial charge < -0.3 is 20.1 Å². The van der Waals surface area contributed by atoms with Gasteiger partial charge in [-0.2, -0.15) is 0 Å². The predicted molar refractivity (Wildman–Crippen MR) is 59.3 cm³/mol. The van der Waals surface area contributed by atoms with Crippen LogP contribution in [0.4, 0.5) is 4.79 Å². The predicted octanol–water partition coefficient (Wildman–Crippen LogP) is 0.305. The van der Waals surface area contributed by atoms with Gasteiger partial charge in [0.15, 0.2) is 0 Å². The lowest BCUT2D eigenvalue weighted by atomic mass is 10.4. The third-order valence-electron chi connectivity index (χ3n) is 1.82. The Morgan fingerprint density at radius 1 is 1.56 bits per heavy atom. The van der Waals surface area contributed by atoms with Crippen molar-refractivity contribution in [2.75, 3.05) is 33.4 Å². The number of rotatable bonds is 8. The van der Waals surface area contributed by atoms with E-state index in [4.69, 9.17) is 9.84 Å². The van der Waals surface area contributed by atoms with Crippen LogP contribution >= 0.6 is 0 Å². The molecule has 0 aromatic rings. The number of carbonyl (C=O) groups excluding carboxylic acids is 1. The molecule has 92 valence electrons. The third-order valence-corrected chi connectivity index (χ3v) is 1.82. The van der Waals surface area contributed by atoms with Gasteiger partial charge in [0.25, 0.3) is 0 Å². The second kappa shape index (κ2) is 8.72. The van der Waals surface area contributed by atoms with E-state index in [2.05, 4.69) is 11.9 Å². The molecular formula is C10H18N2O4. The molecule has 0 saturated carbocycles. The molecule has 0 aliphatic heterocycles. The zero-order valence-corrected chi connectivity index (χ0v) is 9.44. The number of aliphatic carboxylic acids is 1. The van der Waals surface area contributed by atoms with Crippen molar-refractivity contribution in [2.45, 2.75) is 6.42 Å². The molecule has 0 radical (unpaired) electrons. The third kappa shape index (κ3) is 6.83. The number of carboxylic acid groups (broad SMARTS) is 1. The van der Waals surface area contributed by atoms with E-state index in [-0.39, 0.29) is 19.0 Å². The Morgan fingerprint density at radius 3 is 2.75 bits per heavy atom. The molecule has 2 N–H and O–H groups in total. The second-order valence-electron chi connectivity index (χ2n) is 3.10. The van der Waals surface area contributed by atoms with Crippen LogP contribution < -0.4 is 5.32 Å². The minimum Gasteiger partial charge on any atom is -0.481 e. The van der Waals surface area contributed by atoms with Crippen LogP contribution in [-0.2, 0) is 9.53 Å². The van der Waals surface area contributed by atoms with Crippen LogP contribution in [0.1, 0.15) is 6.42 Å². The van der Waals surface area contributed by atoms with E-state index >= 15 is 0 Å². The Morgan fingerprint density at radius 2 is 2.25 bits per heavy atom. The van der Waals surface area contributed by atoms with Crippen molar-refractivity contribution in [2.24, 2.45) is 0 Å². The highest BCUT2D eigenvalue weighted by molar-refractivity contribution is 5.75. The number of methoxy groups -OCH3 is 1. The smallest absolute Gasteiger partial charge is 0.317 e. The van der Waals surface area contributed by atoms with Crippen molar-refractivity contribution >= 4 is 12.0 Å². The van der Waals surface area contributed by atoms with E-state index in [1.165, 1.54) is 4.90 Å². The quantitative estimate of drug-likeness (QED) is 0.588. The van der Waals surface area contributed by atoms with Gasteiger partial charge in [0, 0.05) is 26.7 Å². The van der Waals surface area contributed by atoms with Gasteiger partial charge >= 0.3 is 12.0 Å². The van der Waals surface area contributed by atoms with E-state index in [1.807, 2.05) is 0 Å². The average molecular weight is 230 g/mol. The fraction of sp³-hybridized carbons (Fsp3) is 0.600. The Bertz CT molecular complexity index is 243. The zero-order valence-electron chi connectivity index (χ0n) is 9.44. The van der Waals surface area contributed by atoms with E-state index in [9.17, 15) is 9.59 Å². The Hall–Kier alpha value is -1.56. The molecule has 2 amide bonds. The van der Waals surface area contributed by atoms with Crippen LogP contribution in [0.3, 0.4) is 0 Å². The summed E-state index contributed by atoms with van der Waals surface area (Å²) in [6, 6.07) is -0.307. The summed E-state index contributed by atoms with van der Waals surface area (Å²) in [6.45, 7) is 4.94. The van der Waals surface area contributed by atoms with Gasteiger partial charge in [-0.1, -0.05) is 6.08 Å². The maximum atomic E-state index is 11.5. The number of ether oxygens (including phenoxy) is 1. The molecule has 0 bridgehead atoms. The highest BCUT2D eigenvalue weighted by atomic mass is 16.5. The summed E-state index contributed by atoms with van der Waals surface area (Å²) in [5.41, 5.74) is 0. The molecule has 0 unspecified atom stereocenters. The monoisotopic (exact) mass is 230 g/mol. The number of hydrogen-bond donors (Lipinski definition) is 2. The number of nitrogens with zero attached hydrogens (tertiary/aromatic N) is 1. The maximum absolute atomic E-state index is 11.5. The summed E-state index contributed by atoms with van der Waals surface area (Å²) in [7, 11) is 1.55. The van der Waals surface area contributed by atoms with Gasteiger partial charge in [-0.25, -0.2) is 4.79 Å². The van der Waals surface area contributed by atoms with Crippen LogP contribution in [0.15, 0.2) is 12.7 Å². The van der Waals surface area contributed by atoms with Crippen molar-refractivity contribution in [3.05, 3.63) is 12.7 Å². The number of hydrogen-bond acceptors (Lipinski definition) is 3. The van der Waals surface area contributed by atoms with Crippen molar-refractivity contribution < 1.29 is 19.4 Å². The number of nitrogens with one attached hydrogen (secondary N) is 1. The molecule has 0 spiro atoms. The number of urea groups is 1. The lowest BCUT2D eigenvalue weighted by Gasteiger charge is -2.20. The molecule has 16 heavy (non-hydrogen) atoms. The van der Waals surface area contributed by atoms with Crippen LogP contribution in [-0.4, -0.2) is 55.4 Å². The second-order valence-corrected chi connectivity index (χ2v) is 3.10. The fourth-order valence-corrected chi connectivity index (χ4v) is 1.02. The molecule has 0 aromatic heterocycles. The van der Waals surface area contributed by atoms with Crippen molar-refractivity contribution in [3.8, 4) is 0 Å². The molecule has 6 nitrogen and oxygen atoms in total. The summed E-state index contributed by atoms with van der Waals surface area (Å²) in [5.74, 6) is -0.938. The van der Waals surface area contributed by atoms with Gasteiger partial charge in [-0.05, 0) is 0 Å². The molecule has 0 atom stereocenters. The van der Waals surface area contributed by atoms with Gasteiger partial charge in [0.05, 0.1) is 13.0 Å². The highest BCUT2D eigenvalue weighted by Gasteiger charge is 2.11. The minimum absolute atomic E-state index is 0.0854. The van der Waals surface area contributed by atoms with Crippen molar-refractivity contribution in [1.29, 1.82) is 0 Å². The van der Waals surface area contributed by atoms with Crippen LogP contribution in [0.5, 0.6) is 0 Å². The molecule has 0 aliphatic carbocycles. The van der Waals surface area contributed by atoms with E-state index in [0.717, 1.165) is 0 Å². The normalized spacial score (nSPS) is 9.56. The molecule has 0 heterocycles. The van der Waals surface area contributed by atoms with Crippen molar-refractivity contribution in [3.63, 3.8) is 0 Å². The minimum atomic E-state index is -0.938. The topological polar surface area (TPSA) is 78.9 Å². The summed E-state index contributed by atoms with van der Waals surface area (Å²) in [6.07, 6.45) is 1.52. The summed E-state index contributed by atoms with van der Waals surface area (Å²) in [5, 5.41) is 10.9. The lowest BCUT2D eigenvalue weighted by molar-refractivity contribution is -0.136. The first-order valence-electron chi connectivity index (χ1n) is 4.96. The summed E-state index contributed by atoms with van der Waals surface area (Å²) < 4.78 is 4.86. The standard InChI is InChI=1S/C10H18N2O4/c1-3-6-12(7-8-16-2)10(15)11-5-4-9(13)14/h3H,1,4-8H2,2H3,(H,11,15)(H,13,14). The number of amides is 2.